The topological polar surface area (TPSA) is 29.3 Å². The number of hydrogen-bond acceptors (Lipinski definition) is 3. The molecule has 1 atom stereocenters. The molecule has 1 aliphatic rings. The fourth-order valence-corrected chi connectivity index (χ4v) is 4.60. The molecule has 0 bridgehead atoms. The lowest BCUT2D eigenvalue weighted by Crippen LogP contribution is -2.39. The summed E-state index contributed by atoms with van der Waals surface area (Å²) in [7, 11) is 2.25. The van der Waals surface area contributed by atoms with Gasteiger partial charge in [-0.25, -0.2) is 0 Å². The number of rotatable bonds is 4. The van der Waals surface area contributed by atoms with Crippen LogP contribution < -0.4 is 5.73 Å². The number of aryl methyl sites for hydroxylation is 1. The molecule has 1 unspecified atom stereocenters. The molecule has 1 fully saturated rings. The van der Waals surface area contributed by atoms with Crippen molar-refractivity contribution in [1.82, 2.24) is 4.90 Å². The minimum atomic E-state index is 0.378. The lowest BCUT2D eigenvalue weighted by atomic mass is 9.93. The summed E-state index contributed by atoms with van der Waals surface area (Å²) in [5.74, 6) is 0. The highest BCUT2D eigenvalue weighted by Gasteiger charge is 2.26. The Hall–Kier alpha value is 0.100. The Labute approximate surface area is 123 Å². The van der Waals surface area contributed by atoms with Crippen LogP contribution >= 0.6 is 27.3 Å². The molecular formula is C14H23BrN2S. The molecular weight excluding hydrogens is 308 g/mol. The first-order chi connectivity index (χ1) is 8.63. The summed E-state index contributed by atoms with van der Waals surface area (Å²) >= 11 is 5.48. The van der Waals surface area contributed by atoms with Gasteiger partial charge in [0.2, 0.25) is 0 Å². The second kappa shape index (κ2) is 6.51. The zero-order valence-electron chi connectivity index (χ0n) is 11.3. The summed E-state index contributed by atoms with van der Waals surface area (Å²) in [6.07, 6.45) is 6.82. The van der Waals surface area contributed by atoms with Crippen molar-refractivity contribution in [1.29, 1.82) is 0 Å². The maximum absolute atomic E-state index is 6.02. The van der Waals surface area contributed by atoms with Gasteiger partial charge in [0.1, 0.15) is 0 Å². The summed E-state index contributed by atoms with van der Waals surface area (Å²) < 4.78 is 1.22. The molecule has 1 aromatic rings. The van der Waals surface area contributed by atoms with Gasteiger partial charge in [-0.2, -0.15) is 0 Å². The van der Waals surface area contributed by atoms with Crippen LogP contribution in [0.2, 0.25) is 0 Å². The zero-order chi connectivity index (χ0) is 13.1. The van der Waals surface area contributed by atoms with E-state index in [1.807, 2.05) is 11.3 Å². The molecule has 1 heterocycles. The third kappa shape index (κ3) is 3.16. The molecule has 1 aliphatic carbocycles. The molecule has 2 rings (SSSR count). The van der Waals surface area contributed by atoms with E-state index in [-0.39, 0.29) is 0 Å². The standard InChI is InChI=1S/C14H23BrN2S/c1-10-12(15)8-14(18-10)13(9-16)17(2)11-6-4-3-5-7-11/h8,11,13H,3-7,9,16H2,1-2H3. The van der Waals surface area contributed by atoms with Crippen molar-refractivity contribution in [2.75, 3.05) is 13.6 Å². The molecule has 0 spiro atoms. The summed E-state index contributed by atoms with van der Waals surface area (Å²) in [5.41, 5.74) is 6.02. The van der Waals surface area contributed by atoms with Crippen molar-refractivity contribution in [3.63, 3.8) is 0 Å². The molecule has 0 radical (unpaired) electrons. The van der Waals surface area contributed by atoms with Gasteiger partial charge in [-0.3, -0.25) is 4.90 Å². The first kappa shape index (κ1) is 14.5. The Bertz CT molecular complexity index is 366. The van der Waals surface area contributed by atoms with Crippen molar-refractivity contribution >= 4 is 27.3 Å². The van der Waals surface area contributed by atoms with Crippen molar-refractivity contribution in [3.8, 4) is 0 Å². The SMILES string of the molecule is Cc1sc(C(CN)N(C)C2CCCCC2)cc1Br. The fraction of sp³-hybridized carbons (Fsp3) is 0.714. The summed E-state index contributed by atoms with van der Waals surface area (Å²) in [4.78, 5) is 5.26. The van der Waals surface area contributed by atoms with Gasteiger partial charge in [0.05, 0.1) is 6.04 Å². The highest BCUT2D eigenvalue weighted by molar-refractivity contribution is 9.10. The van der Waals surface area contributed by atoms with E-state index in [1.54, 1.807) is 0 Å². The molecule has 4 heteroatoms. The highest BCUT2D eigenvalue weighted by atomic mass is 79.9. The first-order valence-corrected chi connectivity index (χ1v) is 8.42. The Kier molecular flexibility index (Phi) is 5.24. The Morgan fingerprint density at radius 1 is 1.44 bits per heavy atom. The van der Waals surface area contributed by atoms with E-state index in [4.69, 9.17) is 5.73 Å². The second-order valence-electron chi connectivity index (χ2n) is 5.26. The largest absolute Gasteiger partial charge is 0.329 e. The van der Waals surface area contributed by atoms with Crippen molar-refractivity contribution in [3.05, 3.63) is 20.3 Å². The van der Waals surface area contributed by atoms with Crippen molar-refractivity contribution in [2.24, 2.45) is 5.73 Å². The minimum Gasteiger partial charge on any atom is -0.329 e. The van der Waals surface area contributed by atoms with E-state index in [0.717, 1.165) is 0 Å². The van der Waals surface area contributed by atoms with Crippen LogP contribution in [0.3, 0.4) is 0 Å². The van der Waals surface area contributed by atoms with E-state index in [0.29, 0.717) is 18.6 Å². The molecule has 18 heavy (non-hydrogen) atoms. The number of thiophene rings is 1. The lowest BCUT2D eigenvalue weighted by molar-refractivity contribution is 0.142. The molecule has 1 saturated carbocycles. The number of likely N-dealkylation sites (N-methyl/N-ethyl adjacent to an activating group) is 1. The molecule has 2 nitrogen and oxygen atoms in total. The molecule has 0 aliphatic heterocycles. The maximum Gasteiger partial charge on any atom is 0.0564 e. The van der Waals surface area contributed by atoms with Gasteiger partial charge in [0, 0.05) is 26.8 Å². The first-order valence-electron chi connectivity index (χ1n) is 6.81. The number of nitrogens with zero attached hydrogens (tertiary/aromatic N) is 1. The van der Waals surface area contributed by atoms with Crippen LogP contribution in [0.4, 0.5) is 0 Å². The lowest BCUT2D eigenvalue weighted by Gasteiger charge is -2.36. The van der Waals surface area contributed by atoms with Crippen LogP contribution in [0.15, 0.2) is 10.5 Å². The van der Waals surface area contributed by atoms with Gasteiger partial charge < -0.3 is 5.73 Å². The zero-order valence-corrected chi connectivity index (χ0v) is 13.7. The minimum absolute atomic E-state index is 0.378. The maximum atomic E-state index is 6.02. The summed E-state index contributed by atoms with van der Waals surface area (Å²) in [6.45, 7) is 2.87. The Morgan fingerprint density at radius 3 is 2.61 bits per heavy atom. The third-order valence-corrected chi connectivity index (χ3v) is 6.31. The molecule has 0 saturated heterocycles. The van der Waals surface area contributed by atoms with Crippen LogP contribution in [-0.4, -0.2) is 24.5 Å². The van der Waals surface area contributed by atoms with Crippen molar-refractivity contribution < 1.29 is 0 Å². The molecule has 102 valence electrons. The van der Waals surface area contributed by atoms with Crippen LogP contribution in [0, 0.1) is 6.92 Å². The third-order valence-electron chi connectivity index (χ3n) is 4.07. The van der Waals surface area contributed by atoms with Gasteiger partial charge in [0.15, 0.2) is 0 Å². The van der Waals surface area contributed by atoms with Gasteiger partial charge in [-0.15, -0.1) is 11.3 Å². The smallest absolute Gasteiger partial charge is 0.0564 e. The van der Waals surface area contributed by atoms with E-state index in [9.17, 15) is 0 Å². The number of nitrogens with two attached hydrogens (primary N) is 1. The predicted molar refractivity (Wildman–Crippen MR) is 83.2 cm³/mol. The average molecular weight is 331 g/mol. The van der Waals surface area contributed by atoms with Crippen LogP contribution in [0.1, 0.15) is 47.9 Å². The van der Waals surface area contributed by atoms with Gasteiger partial charge in [-0.05, 0) is 48.8 Å². The summed E-state index contributed by atoms with van der Waals surface area (Å²) in [6, 6.07) is 3.34. The van der Waals surface area contributed by atoms with Gasteiger partial charge in [-0.1, -0.05) is 19.3 Å². The Balaban J connectivity index is 2.11. The second-order valence-corrected chi connectivity index (χ2v) is 7.40. The monoisotopic (exact) mass is 330 g/mol. The number of hydrogen-bond donors (Lipinski definition) is 1. The van der Waals surface area contributed by atoms with Crippen LogP contribution in [-0.2, 0) is 0 Å². The predicted octanol–water partition coefficient (Wildman–Crippen LogP) is 4.08. The van der Waals surface area contributed by atoms with E-state index in [2.05, 4.69) is 40.9 Å². The van der Waals surface area contributed by atoms with Gasteiger partial charge >= 0.3 is 0 Å². The molecule has 1 aromatic heterocycles. The van der Waals surface area contributed by atoms with E-state index in [1.165, 1.54) is 46.3 Å². The van der Waals surface area contributed by atoms with Crippen molar-refractivity contribution in [2.45, 2.75) is 51.1 Å². The molecule has 2 N–H and O–H groups in total. The van der Waals surface area contributed by atoms with Crippen LogP contribution in [0.5, 0.6) is 0 Å². The average Bonchev–Trinajstić information content (AvgIpc) is 2.71. The fourth-order valence-electron chi connectivity index (χ4n) is 2.87. The highest BCUT2D eigenvalue weighted by Crippen LogP contribution is 2.35. The number of halogens is 1. The quantitative estimate of drug-likeness (QED) is 0.901. The normalized spacial score (nSPS) is 19.4. The molecule has 0 aromatic carbocycles. The van der Waals surface area contributed by atoms with Gasteiger partial charge in [0.25, 0.3) is 0 Å². The van der Waals surface area contributed by atoms with Crippen LogP contribution in [0.25, 0.3) is 0 Å². The summed E-state index contributed by atoms with van der Waals surface area (Å²) in [5, 5.41) is 0. The Morgan fingerprint density at radius 2 is 2.11 bits per heavy atom. The van der Waals surface area contributed by atoms with E-state index >= 15 is 0 Å². The van der Waals surface area contributed by atoms with E-state index < -0.39 is 0 Å². The molecule has 0 amide bonds.